The zero-order valence-corrected chi connectivity index (χ0v) is 20.7. The Labute approximate surface area is 214 Å². The van der Waals surface area contributed by atoms with Crippen LogP contribution < -0.4 is 24.8 Å². The van der Waals surface area contributed by atoms with Gasteiger partial charge >= 0.3 is 0 Å². The maximum absolute atomic E-state index is 12.6. The summed E-state index contributed by atoms with van der Waals surface area (Å²) in [4.78, 5) is 29.9. The lowest BCUT2D eigenvalue weighted by Crippen LogP contribution is -2.44. The normalized spacial score (nSPS) is 14.3. The second kappa shape index (κ2) is 10.6. The molecule has 0 aliphatic carbocycles. The van der Waals surface area contributed by atoms with Crippen molar-refractivity contribution in [1.82, 2.24) is 14.9 Å². The van der Waals surface area contributed by atoms with Gasteiger partial charge in [0.1, 0.15) is 18.2 Å². The van der Waals surface area contributed by atoms with E-state index >= 15 is 0 Å². The number of nitrogens with zero attached hydrogens (tertiary/aromatic N) is 2. The molecule has 0 radical (unpaired) electrons. The molecule has 0 saturated carbocycles. The maximum Gasteiger partial charge on any atom is 0.264 e. The third-order valence-electron chi connectivity index (χ3n) is 6.26. The van der Waals surface area contributed by atoms with Crippen molar-refractivity contribution < 1.29 is 23.8 Å². The summed E-state index contributed by atoms with van der Waals surface area (Å²) < 4.78 is 18.5. The monoisotopic (exact) mass is 500 g/mol. The summed E-state index contributed by atoms with van der Waals surface area (Å²) in [5.74, 6) is 2.42. The number of carbonyl (C=O) groups is 2. The predicted octanol–water partition coefficient (Wildman–Crippen LogP) is 3.72. The molecule has 1 atom stereocenters. The lowest BCUT2D eigenvalue weighted by molar-refractivity contribution is -0.130. The minimum Gasteiger partial charge on any atom is -0.497 e. The van der Waals surface area contributed by atoms with Crippen LogP contribution in [-0.2, 0) is 18.3 Å². The number of anilines is 1. The van der Waals surface area contributed by atoms with Gasteiger partial charge in [-0.1, -0.05) is 12.1 Å². The molecule has 1 aromatic heterocycles. The molecule has 0 spiro atoms. The molecule has 0 unspecified atom stereocenters. The van der Waals surface area contributed by atoms with E-state index in [0.29, 0.717) is 47.9 Å². The molecule has 0 bridgehead atoms. The molecule has 2 amide bonds. The van der Waals surface area contributed by atoms with Crippen LogP contribution in [0.3, 0.4) is 0 Å². The van der Waals surface area contributed by atoms with Gasteiger partial charge in [-0.2, -0.15) is 0 Å². The van der Waals surface area contributed by atoms with Gasteiger partial charge in [0.25, 0.3) is 11.8 Å². The van der Waals surface area contributed by atoms with Crippen LogP contribution in [0, 0.1) is 0 Å². The number of ether oxygens (including phenoxy) is 3. The summed E-state index contributed by atoms with van der Waals surface area (Å²) in [6, 6.07) is 19.9. The maximum atomic E-state index is 12.6. The van der Waals surface area contributed by atoms with Crippen molar-refractivity contribution >= 4 is 28.5 Å². The SMILES string of the molecule is COc1ccc(C(=O)Nc2ccc3c(c2)nc(CCCNC(=O)[C@@H]2COc4ccccc4O2)n3C)cc1. The third-order valence-corrected chi connectivity index (χ3v) is 6.26. The molecule has 5 rings (SSSR count). The van der Waals surface area contributed by atoms with Crippen molar-refractivity contribution in [2.24, 2.45) is 7.05 Å². The van der Waals surface area contributed by atoms with E-state index in [2.05, 4.69) is 10.6 Å². The van der Waals surface area contributed by atoms with Crippen molar-refractivity contribution in [2.45, 2.75) is 18.9 Å². The molecule has 37 heavy (non-hydrogen) atoms. The highest BCUT2D eigenvalue weighted by atomic mass is 16.6. The number of hydrogen-bond acceptors (Lipinski definition) is 6. The highest BCUT2D eigenvalue weighted by molar-refractivity contribution is 6.05. The summed E-state index contributed by atoms with van der Waals surface area (Å²) >= 11 is 0. The van der Waals surface area contributed by atoms with Gasteiger partial charge in [-0.15, -0.1) is 0 Å². The average molecular weight is 501 g/mol. The van der Waals surface area contributed by atoms with E-state index in [4.69, 9.17) is 19.2 Å². The number of aromatic nitrogens is 2. The molecule has 1 aliphatic heterocycles. The van der Waals surface area contributed by atoms with E-state index in [1.807, 2.05) is 48.0 Å². The first kappa shape index (κ1) is 24.2. The number of benzene rings is 3. The van der Waals surface area contributed by atoms with Crippen LogP contribution in [0.1, 0.15) is 22.6 Å². The van der Waals surface area contributed by atoms with Gasteiger partial charge in [-0.05, 0) is 61.0 Å². The number of hydrogen-bond donors (Lipinski definition) is 2. The first-order valence-corrected chi connectivity index (χ1v) is 12.1. The van der Waals surface area contributed by atoms with Gasteiger partial charge in [0, 0.05) is 31.3 Å². The van der Waals surface area contributed by atoms with Crippen LogP contribution in [-0.4, -0.2) is 47.7 Å². The fraction of sp³-hybridized carbons (Fsp3) is 0.250. The van der Waals surface area contributed by atoms with Gasteiger partial charge < -0.3 is 29.4 Å². The van der Waals surface area contributed by atoms with Crippen LogP contribution in [0.15, 0.2) is 66.7 Å². The Kier molecular flexibility index (Phi) is 6.93. The molecule has 2 N–H and O–H groups in total. The van der Waals surface area contributed by atoms with Crippen LogP contribution in [0.2, 0.25) is 0 Å². The number of rotatable bonds is 8. The molecule has 4 aromatic rings. The van der Waals surface area contributed by atoms with Crippen molar-refractivity contribution in [3.8, 4) is 17.2 Å². The van der Waals surface area contributed by atoms with Crippen LogP contribution in [0.25, 0.3) is 11.0 Å². The molecule has 190 valence electrons. The Bertz CT molecular complexity index is 1430. The molecular weight excluding hydrogens is 472 g/mol. The molecule has 3 aromatic carbocycles. The fourth-order valence-electron chi connectivity index (χ4n) is 4.22. The van der Waals surface area contributed by atoms with Gasteiger partial charge in [-0.25, -0.2) is 4.98 Å². The van der Waals surface area contributed by atoms with Gasteiger partial charge in [0.2, 0.25) is 6.10 Å². The number of carbonyl (C=O) groups excluding carboxylic acids is 2. The number of amides is 2. The van der Waals surface area contributed by atoms with E-state index in [9.17, 15) is 9.59 Å². The van der Waals surface area contributed by atoms with E-state index in [-0.39, 0.29) is 18.4 Å². The smallest absolute Gasteiger partial charge is 0.264 e. The zero-order chi connectivity index (χ0) is 25.8. The highest BCUT2D eigenvalue weighted by Crippen LogP contribution is 2.30. The van der Waals surface area contributed by atoms with Crippen LogP contribution in [0.4, 0.5) is 5.69 Å². The van der Waals surface area contributed by atoms with Crippen molar-refractivity contribution in [3.63, 3.8) is 0 Å². The lowest BCUT2D eigenvalue weighted by Gasteiger charge is -2.25. The number of methoxy groups -OCH3 is 1. The molecule has 9 nitrogen and oxygen atoms in total. The van der Waals surface area contributed by atoms with Gasteiger partial charge in [0.15, 0.2) is 11.5 Å². The Morgan fingerprint density at radius 1 is 1.08 bits per heavy atom. The van der Waals surface area contributed by atoms with Gasteiger partial charge in [-0.3, -0.25) is 9.59 Å². The largest absolute Gasteiger partial charge is 0.497 e. The average Bonchev–Trinajstić information content (AvgIpc) is 3.25. The molecule has 0 fully saturated rings. The Morgan fingerprint density at radius 3 is 2.65 bits per heavy atom. The number of aryl methyl sites for hydroxylation is 2. The lowest BCUT2D eigenvalue weighted by atomic mass is 10.2. The minimum absolute atomic E-state index is 0.185. The third kappa shape index (κ3) is 5.35. The van der Waals surface area contributed by atoms with Crippen LogP contribution in [0.5, 0.6) is 17.2 Å². The quantitative estimate of drug-likeness (QED) is 0.358. The predicted molar refractivity (Wildman–Crippen MR) is 139 cm³/mol. The summed E-state index contributed by atoms with van der Waals surface area (Å²) in [7, 11) is 3.55. The number of nitrogens with one attached hydrogen (secondary N) is 2. The van der Waals surface area contributed by atoms with E-state index in [1.54, 1.807) is 37.4 Å². The van der Waals surface area contributed by atoms with E-state index < -0.39 is 6.10 Å². The summed E-state index contributed by atoms with van der Waals surface area (Å²) in [5.41, 5.74) is 2.97. The first-order valence-electron chi connectivity index (χ1n) is 12.1. The Hall–Kier alpha value is -4.53. The van der Waals surface area contributed by atoms with Crippen molar-refractivity contribution in [1.29, 1.82) is 0 Å². The van der Waals surface area contributed by atoms with Crippen molar-refractivity contribution in [3.05, 3.63) is 78.1 Å². The summed E-state index contributed by atoms with van der Waals surface area (Å²) in [5, 5.41) is 5.84. The van der Waals surface area contributed by atoms with E-state index in [0.717, 1.165) is 16.9 Å². The first-order chi connectivity index (χ1) is 18.0. The zero-order valence-electron chi connectivity index (χ0n) is 20.7. The van der Waals surface area contributed by atoms with Gasteiger partial charge in [0.05, 0.1) is 18.1 Å². The molecule has 9 heteroatoms. The highest BCUT2D eigenvalue weighted by Gasteiger charge is 2.26. The number of para-hydroxylation sites is 2. The second-order valence-electron chi connectivity index (χ2n) is 8.73. The topological polar surface area (TPSA) is 104 Å². The van der Waals surface area contributed by atoms with E-state index in [1.165, 1.54) is 0 Å². The Morgan fingerprint density at radius 2 is 1.86 bits per heavy atom. The minimum atomic E-state index is -0.669. The molecule has 2 heterocycles. The standard InChI is InChI=1S/C28H28N4O5/c1-32-22-14-11-19(30-27(33)18-9-12-20(35-2)13-10-18)16-21(22)31-26(32)8-5-15-29-28(34)25-17-36-23-6-3-4-7-24(23)37-25/h3-4,6-7,9-14,16,25H,5,8,15,17H2,1-2H3,(H,29,34)(H,30,33)/t25-/m0/s1. The molecule has 0 saturated heterocycles. The Balaban J connectivity index is 1.15. The fourth-order valence-corrected chi connectivity index (χ4v) is 4.22. The molecule has 1 aliphatic rings. The van der Waals surface area contributed by atoms with Crippen LogP contribution >= 0.6 is 0 Å². The van der Waals surface area contributed by atoms with Crippen molar-refractivity contribution in [2.75, 3.05) is 25.6 Å². The molecular formula is C28H28N4O5. The summed E-state index contributed by atoms with van der Waals surface area (Å²) in [6.45, 7) is 0.678. The summed E-state index contributed by atoms with van der Waals surface area (Å²) in [6.07, 6.45) is 0.732. The second-order valence-corrected chi connectivity index (χ2v) is 8.73. The number of imidazole rings is 1. The number of fused-ring (bicyclic) bond motifs is 2.